The highest BCUT2D eigenvalue weighted by atomic mass is 16.5. The Kier molecular flexibility index (Phi) is 6.81. The fourth-order valence-electron chi connectivity index (χ4n) is 3.46. The van der Waals surface area contributed by atoms with Crippen LogP contribution in [0, 0.1) is 0 Å². The highest BCUT2D eigenvalue weighted by molar-refractivity contribution is 5.65. The Morgan fingerprint density at radius 3 is 2.19 bits per heavy atom. The lowest BCUT2D eigenvalue weighted by atomic mass is 10.1. The standard InChI is InChI=1S/C21H26N2O4/c24-14-19-13-23(21(25)26)20(16-27-15-18-9-5-2-6-10-18)12-22(19)11-17-7-3-1-4-8-17/h1-10,19-20,24H,11-16H2,(H,25,26). The van der Waals surface area contributed by atoms with Crippen molar-refractivity contribution in [2.45, 2.75) is 25.2 Å². The van der Waals surface area contributed by atoms with Crippen LogP contribution in [0.3, 0.4) is 0 Å². The van der Waals surface area contributed by atoms with E-state index in [0.29, 0.717) is 26.3 Å². The van der Waals surface area contributed by atoms with Crippen molar-refractivity contribution in [3.8, 4) is 0 Å². The van der Waals surface area contributed by atoms with Gasteiger partial charge >= 0.3 is 6.09 Å². The molecule has 144 valence electrons. The van der Waals surface area contributed by atoms with Gasteiger partial charge in [0.25, 0.3) is 0 Å². The maximum absolute atomic E-state index is 11.7. The third-order valence-electron chi connectivity index (χ3n) is 4.92. The third kappa shape index (κ3) is 5.29. The number of piperazine rings is 1. The third-order valence-corrected chi connectivity index (χ3v) is 4.92. The van der Waals surface area contributed by atoms with Gasteiger partial charge in [0.15, 0.2) is 0 Å². The summed E-state index contributed by atoms with van der Waals surface area (Å²) < 4.78 is 5.81. The van der Waals surface area contributed by atoms with Crippen molar-refractivity contribution in [3.63, 3.8) is 0 Å². The number of aliphatic hydroxyl groups excluding tert-OH is 1. The molecule has 2 aromatic rings. The van der Waals surface area contributed by atoms with Crippen LogP contribution in [0.25, 0.3) is 0 Å². The Morgan fingerprint density at radius 2 is 1.59 bits per heavy atom. The number of amides is 1. The van der Waals surface area contributed by atoms with Crippen LogP contribution in [0.1, 0.15) is 11.1 Å². The molecule has 2 N–H and O–H groups in total. The van der Waals surface area contributed by atoms with Gasteiger partial charge in [0.2, 0.25) is 0 Å². The van der Waals surface area contributed by atoms with E-state index in [0.717, 1.165) is 11.1 Å². The minimum absolute atomic E-state index is 0.0752. The first-order chi connectivity index (χ1) is 13.2. The second kappa shape index (κ2) is 9.50. The zero-order valence-electron chi connectivity index (χ0n) is 15.3. The molecule has 1 aliphatic heterocycles. The first kappa shape index (κ1) is 19.4. The molecule has 1 saturated heterocycles. The highest BCUT2D eigenvalue weighted by Gasteiger charge is 2.36. The van der Waals surface area contributed by atoms with Gasteiger partial charge < -0.3 is 19.8 Å². The summed E-state index contributed by atoms with van der Waals surface area (Å²) in [5, 5.41) is 19.3. The monoisotopic (exact) mass is 370 g/mol. The molecule has 1 fully saturated rings. The summed E-state index contributed by atoms with van der Waals surface area (Å²) in [5.41, 5.74) is 2.20. The molecule has 6 heteroatoms. The Balaban J connectivity index is 1.64. The molecule has 2 unspecified atom stereocenters. The zero-order chi connectivity index (χ0) is 19.1. The quantitative estimate of drug-likeness (QED) is 0.783. The van der Waals surface area contributed by atoms with E-state index in [1.54, 1.807) is 0 Å². The van der Waals surface area contributed by atoms with E-state index in [4.69, 9.17) is 4.74 Å². The molecular weight excluding hydrogens is 344 g/mol. The normalized spacial score (nSPS) is 20.6. The fraction of sp³-hybridized carbons (Fsp3) is 0.381. The first-order valence-corrected chi connectivity index (χ1v) is 9.17. The average molecular weight is 370 g/mol. The van der Waals surface area contributed by atoms with Gasteiger partial charge in [-0.25, -0.2) is 4.79 Å². The van der Waals surface area contributed by atoms with Crippen LogP contribution in [-0.2, 0) is 17.9 Å². The number of carbonyl (C=O) groups is 1. The molecular formula is C21H26N2O4. The molecule has 0 radical (unpaired) electrons. The smallest absolute Gasteiger partial charge is 0.407 e. The molecule has 2 aromatic carbocycles. The van der Waals surface area contributed by atoms with Crippen molar-refractivity contribution in [3.05, 3.63) is 71.8 Å². The molecule has 0 bridgehead atoms. The number of hydrogen-bond donors (Lipinski definition) is 2. The lowest BCUT2D eigenvalue weighted by Gasteiger charge is -2.44. The van der Waals surface area contributed by atoms with Crippen LogP contribution in [0.2, 0.25) is 0 Å². The van der Waals surface area contributed by atoms with Gasteiger partial charge in [-0.05, 0) is 11.1 Å². The second-order valence-electron chi connectivity index (χ2n) is 6.84. The summed E-state index contributed by atoms with van der Waals surface area (Å²) in [6.07, 6.45) is -0.971. The minimum atomic E-state index is -0.971. The van der Waals surface area contributed by atoms with Crippen LogP contribution < -0.4 is 0 Å². The molecule has 1 heterocycles. The number of rotatable bonds is 7. The minimum Gasteiger partial charge on any atom is -0.465 e. The Morgan fingerprint density at radius 1 is 0.963 bits per heavy atom. The van der Waals surface area contributed by atoms with E-state index in [2.05, 4.69) is 4.90 Å². The molecule has 0 saturated carbocycles. The fourth-order valence-corrected chi connectivity index (χ4v) is 3.46. The number of hydrogen-bond acceptors (Lipinski definition) is 4. The van der Waals surface area contributed by atoms with Crippen molar-refractivity contribution < 1.29 is 19.7 Å². The van der Waals surface area contributed by atoms with Gasteiger partial charge in [0.1, 0.15) is 0 Å². The van der Waals surface area contributed by atoms with Crippen molar-refractivity contribution in [2.75, 3.05) is 26.3 Å². The molecule has 0 spiro atoms. The predicted octanol–water partition coefficient (Wildman–Crippen LogP) is 2.43. The molecule has 3 rings (SSSR count). The lowest BCUT2D eigenvalue weighted by molar-refractivity contribution is -0.0279. The Bertz CT molecular complexity index is 711. The SMILES string of the molecule is O=C(O)N1CC(CO)N(Cc2ccccc2)CC1COCc1ccccc1. The van der Waals surface area contributed by atoms with Gasteiger partial charge in [-0.15, -0.1) is 0 Å². The van der Waals surface area contributed by atoms with Crippen LogP contribution in [-0.4, -0.2) is 64.5 Å². The molecule has 0 aromatic heterocycles. The van der Waals surface area contributed by atoms with Gasteiger partial charge in [-0.3, -0.25) is 4.90 Å². The zero-order valence-corrected chi connectivity index (χ0v) is 15.3. The topological polar surface area (TPSA) is 73.2 Å². The molecule has 0 aliphatic carbocycles. The number of nitrogens with zero attached hydrogens (tertiary/aromatic N) is 2. The molecule has 27 heavy (non-hydrogen) atoms. The van der Waals surface area contributed by atoms with Crippen LogP contribution in [0.5, 0.6) is 0 Å². The summed E-state index contributed by atoms with van der Waals surface area (Å²) in [5.74, 6) is 0. The van der Waals surface area contributed by atoms with E-state index in [9.17, 15) is 15.0 Å². The summed E-state index contributed by atoms with van der Waals surface area (Å²) in [6.45, 7) is 2.18. The van der Waals surface area contributed by atoms with Crippen LogP contribution >= 0.6 is 0 Å². The highest BCUT2D eigenvalue weighted by Crippen LogP contribution is 2.19. The summed E-state index contributed by atoms with van der Waals surface area (Å²) in [6, 6.07) is 19.4. The summed E-state index contributed by atoms with van der Waals surface area (Å²) >= 11 is 0. The van der Waals surface area contributed by atoms with E-state index >= 15 is 0 Å². The number of ether oxygens (including phenoxy) is 1. The maximum atomic E-state index is 11.7. The van der Waals surface area contributed by atoms with E-state index in [1.807, 2.05) is 60.7 Å². The van der Waals surface area contributed by atoms with Crippen molar-refractivity contribution in [1.29, 1.82) is 0 Å². The van der Waals surface area contributed by atoms with Gasteiger partial charge in [0.05, 0.1) is 31.9 Å². The van der Waals surface area contributed by atoms with Gasteiger partial charge in [0, 0.05) is 19.6 Å². The van der Waals surface area contributed by atoms with Crippen molar-refractivity contribution in [2.24, 2.45) is 0 Å². The molecule has 6 nitrogen and oxygen atoms in total. The largest absolute Gasteiger partial charge is 0.465 e. The number of aliphatic hydroxyl groups is 1. The van der Waals surface area contributed by atoms with Crippen molar-refractivity contribution >= 4 is 6.09 Å². The van der Waals surface area contributed by atoms with E-state index < -0.39 is 6.09 Å². The first-order valence-electron chi connectivity index (χ1n) is 9.17. The van der Waals surface area contributed by atoms with Crippen LogP contribution in [0.15, 0.2) is 60.7 Å². The second-order valence-corrected chi connectivity index (χ2v) is 6.84. The molecule has 2 atom stereocenters. The predicted molar refractivity (Wildman–Crippen MR) is 102 cm³/mol. The molecule has 1 amide bonds. The van der Waals surface area contributed by atoms with Crippen LogP contribution in [0.4, 0.5) is 4.79 Å². The number of carboxylic acid groups (broad SMARTS) is 1. The lowest BCUT2D eigenvalue weighted by Crippen LogP contribution is -2.61. The van der Waals surface area contributed by atoms with E-state index in [-0.39, 0.29) is 25.2 Å². The number of benzene rings is 2. The average Bonchev–Trinajstić information content (AvgIpc) is 2.69. The summed E-state index contributed by atoms with van der Waals surface area (Å²) in [4.78, 5) is 15.2. The van der Waals surface area contributed by atoms with Gasteiger partial charge in [-0.2, -0.15) is 0 Å². The van der Waals surface area contributed by atoms with E-state index in [1.165, 1.54) is 4.90 Å². The summed E-state index contributed by atoms with van der Waals surface area (Å²) in [7, 11) is 0. The maximum Gasteiger partial charge on any atom is 0.407 e. The Labute approximate surface area is 159 Å². The Hall–Kier alpha value is -2.41. The molecule has 1 aliphatic rings. The van der Waals surface area contributed by atoms with Crippen molar-refractivity contribution in [1.82, 2.24) is 9.80 Å². The van der Waals surface area contributed by atoms with Gasteiger partial charge in [-0.1, -0.05) is 60.7 Å².